The number of halogens is 2. The lowest BCUT2D eigenvalue weighted by Gasteiger charge is -2.24. The molecule has 0 atom stereocenters. The summed E-state index contributed by atoms with van der Waals surface area (Å²) in [6.07, 6.45) is 1.19. The minimum atomic E-state index is -0.756. The maximum atomic E-state index is 14.9. The fourth-order valence-corrected chi connectivity index (χ4v) is 4.48. The van der Waals surface area contributed by atoms with Crippen molar-refractivity contribution in [3.05, 3.63) is 58.9 Å². The van der Waals surface area contributed by atoms with Crippen molar-refractivity contribution in [3.63, 3.8) is 0 Å². The summed E-state index contributed by atoms with van der Waals surface area (Å²) in [6, 6.07) is 5.00. The fraction of sp³-hybridized carbons (Fsp3) is 0.400. The van der Waals surface area contributed by atoms with Crippen molar-refractivity contribution in [2.24, 2.45) is 0 Å². The number of fused-ring (bicyclic) bond motifs is 1. The molecular formula is C30H35F2N5O5. The topological polar surface area (TPSA) is 129 Å². The first-order valence-electron chi connectivity index (χ1n) is 13.4. The summed E-state index contributed by atoms with van der Waals surface area (Å²) in [4.78, 5) is 35.0. The average molecular weight is 584 g/mol. The highest BCUT2D eigenvalue weighted by molar-refractivity contribution is 6.05. The predicted molar refractivity (Wildman–Crippen MR) is 154 cm³/mol. The van der Waals surface area contributed by atoms with E-state index in [1.54, 1.807) is 34.7 Å². The lowest BCUT2D eigenvalue weighted by Crippen LogP contribution is -2.36. The van der Waals surface area contributed by atoms with E-state index >= 15 is 0 Å². The van der Waals surface area contributed by atoms with Gasteiger partial charge in [-0.2, -0.15) is 0 Å². The minimum absolute atomic E-state index is 0.000442. The number of hydrogen-bond acceptors (Lipinski definition) is 8. The van der Waals surface area contributed by atoms with E-state index < -0.39 is 34.8 Å². The van der Waals surface area contributed by atoms with Crippen LogP contribution in [0.25, 0.3) is 11.3 Å². The highest BCUT2D eigenvalue weighted by atomic mass is 19.1. The van der Waals surface area contributed by atoms with Crippen molar-refractivity contribution < 1.29 is 32.6 Å². The summed E-state index contributed by atoms with van der Waals surface area (Å²) in [5, 5.41) is 2.62. The van der Waals surface area contributed by atoms with Crippen LogP contribution in [-0.2, 0) is 11.2 Å². The standard InChI is InChI=1S/C30H35F2N5O5/c1-16-19(24-25(26(33)35-15-34-24)40-9-8-37(7)28(39)42-29(2,3)4)11-18(31)12-22(16)36-27(38)20-10-17-14-30(5,6)41-23(17)13-21(20)32/h10-13,15H,8-9,14H2,1-7H3,(H,36,38)(H2,33,34,35). The van der Waals surface area contributed by atoms with Crippen LogP contribution >= 0.6 is 0 Å². The Balaban J connectivity index is 1.57. The van der Waals surface area contributed by atoms with Crippen LogP contribution in [0.1, 0.15) is 56.1 Å². The van der Waals surface area contributed by atoms with E-state index in [-0.39, 0.29) is 47.2 Å². The van der Waals surface area contributed by atoms with Gasteiger partial charge in [0.25, 0.3) is 5.91 Å². The molecule has 0 aliphatic carbocycles. The molecule has 4 rings (SSSR count). The molecule has 3 aromatic rings. The van der Waals surface area contributed by atoms with Crippen LogP contribution in [0.2, 0.25) is 0 Å². The first-order valence-corrected chi connectivity index (χ1v) is 13.4. The smallest absolute Gasteiger partial charge is 0.410 e. The largest absolute Gasteiger partial charge is 0.487 e. The molecular weight excluding hydrogens is 548 g/mol. The number of nitrogens with two attached hydrogens (primary N) is 1. The number of aromatic nitrogens is 2. The Labute approximate surface area is 243 Å². The third-order valence-corrected chi connectivity index (χ3v) is 6.48. The van der Waals surface area contributed by atoms with Gasteiger partial charge in [0.2, 0.25) is 0 Å². The lowest BCUT2D eigenvalue weighted by molar-refractivity contribution is 0.0278. The molecule has 0 fully saturated rings. The van der Waals surface area contributed by atoms with E-state index in [4.69, 9.17) is 19.9 Å². The molecule has 3 N–H and O–H groups in total. The van der Waals surface area contributed by atoms with E-state index in [2.05, 4.69) is 15.3 Å². The van der Waals surface area contributed by atoms with Crippen LogP contribution in [0, 0.1) is 18.6 Å². The molecule has 0 unspecified atom stereocenters. The number of ether oxygens (including phenoxy) is 3. The van der Waals surface area contributed by atoms with Gasteiger partial charge in [0, 0.05) is 30.8 Å². The Morgan fingerprint density at radius 1 is 1.17 bits per heavy atom. The van der Waals surface area contributed by atoms with E-state index in [1.165, 1.54) is 29.4 Å². The van der Waals surface area contributed by atoms with E-state index in [1.807, 2.05) is 13.8 Å². The van der Waals surface area contributed by atoms with Gasteiger partial charge in [0.05, 0.1) is 12.1 Å². The number of nitrogen functional groups attached to an aromatic ring is 1. The van der Waals surface area contributed by atoms with Gasteiger partial charge in [-0.25, -0.2) is 23.5 Å². The summed E-state index contributed by atoms with van der Waals surface area (Å²) >= 11 is 0. The summed E-state index contributed by atoms with van der Waals surface area (Å²) in [7, 11) is 1.56. The molecule has 224 valence electrons. The SMILES string of the molecule is Cc1c(NC(=O)c2cc3c(cc2F)OC(C)(C)C3)cc(F)cc1-c1ncnc(N)c1OCCN(C)C(=O)OC(C)(C)C. The molecule has 0 radical (unpaired) electrons. The van der Waals surface area contributed by atoms with Crippen LogP contribution in [0.5, 0.6) is 11.5 Å². The van der Waals surface area contributed by atoms with Gasteiger partial charge in [-0.15, -0.1) is 0 Å². The van der Waals surface area contributed by atoms with Crippen LogP contribution < -0.4 is 20.5 Å². The van der Waals surface area contributed by atoms with Gasteiger partial charge < -0.3 is 30.2 Å². The minimum Gasteiger partial charge on any atom is -0.487 e. The van der Waals surface area contributed by atoms with Gasteiger partial charge in [-0.1, -0.05) is 0 Å². The van der Waals surface area contributed by atoms with Crippen LogP contribution in [0.15, 0.2) is 30.6 Å². The molecule has 1 aliphatic heterocycles. The first-order chi connectivity index (χ1) is 19.5. The second kappa shape index (κ2) is 11.4. The molecule has 12 heteroatoms. The van der Waals surface area contributed by atoms with Crippen molar-refractivity contribution in [1.29, 1.82) is 0 Å². The molecule has 0 saturated carbocycles. The molecule has 1 aromatic heterocycles. The van der Waals surface area contributed by atoms with Crippen molar-refractivity contribution in [3.8, 4) is 22.8 Å². The Kier molecular flexibility index (Phi) is 8.29. The Morgan fingerprint density at radius 2 is 1.88 bits per heavy atom. The van der Waals surface area contributed by atoms with Gasteiger partial charge in [0.1, 0.15) is 47.2 Å². The second-order valence-electron chi connectivity index (χ2n) is 11.7. The predicted octanol–water partition coefficient (Wildman–Crippen LogP) is 5.52. The molecule has 2 aromatic carbocycles. The molecule has 10 nitrogen and oxygen atoms in total. The number of carbonyl (C=O) groups excluding carboxylic acids is 2. The number of rotatable bonds is 7. The number of nitrogens with one attached hydrogen (secondary N) is 1. The van der Waals surface area contributed by atoms with Crippen molar-refractivity contribution >= 4 is 23.5 Å². The second-order valence-corrected chi connectivity index (χ2v) is 11.7. The fourth-order valence-electron chi connectivity index (χ4n) is 4.48. The number of likely N-dealkylation sites (N-methyl/N-ethyl adjacent to an activating group) is 1. The molecule has 0 saturated heterocycles. The lowest BCUT2D eigenvalue weighted by atomic mass is 9.99. The monoisotopic (exact) mass is 583 g/mol. The number of hydrogen-bond donors (Lipinski definition) is 2. The summed E-state index contributed by atoms with van der Waals surface area (Å²) < 4.78 is 46.7. The van der Waals surface area contributed by atoms with Gasteiger partial charge in [-0.05, 0) is 70.9 Å². The summed E-state index contributed by atoms with van der Waals surface area (Å²) in [6.45, 7) is 10.9. The number of amides is 2. The highest BCUT2D eigenvalue weighted by Crippen LogP contribution is 2.38. The molecule has 1 aliphatic rings. The van der Waals surface area contributed by atoms with Crippen LogP contribution in [0.4, 0.5) is 25.1 Å². The van der Waals surface area contributed by atoms with E-state index in [0.29, 0.717) is 23.3 Å². The highest BCUT2D eigenvalue weighted by Gasteiger charge is 2.32. The third kappa shape index (κ3) is 6.87. The summed E-state index contributed by atoms with van der Waals surface area (Å²) in [5.74, 6) is -1.71. The number of anilines is 2. The van der Waals surface area contributed by atoms with Crippen molar-refractivity contribution in [2.45, 2.75) is 59.2 Å². The Hall–Kier alpha value is -4.48. The number of nitrogens with zero attached hydrogens (tertiary/aromatic N) is 3. The molecule has 0 bridgehead atoms. The zero-order valence-corrected chi connectivity index (χ0v) is 24.7. The van der Waals surface area contributed by atoms with Crippen molar-refractivity contribution in [2.75, 3.05) is 31.2 Å². The number of carbonyl (C=O) groups is 2. The quantitative estimate of drug-likeness (QED) is 0.372. The van der Waals surface area contributed by atoms with Gasteiger partial charge >= 0.3 is 6.09 Å². The van der Waals surface area contributed by atoms with Gasteiger partial charge in [-0.3, -0.25) is 4.79 Å². The maximum absolute atomic E-state index is 14.9. The Morgan fingerprint density at radius 3 is 2.57 bits per heavy atom. The normalized spacial score (nSPS) is 13.6. The molecule has 2 heterocycles. The zero-order valence-electron chi connectivity index (χ0n) is 24.7. The first kappa shape index (κ1) is 30.5. The molecule has 0 spiro atoms. The van der Waals surface area contributed by atoms with Gasteiger partial charge in [0.15, 0.2) is 11.6 Å². The van der Waals surface area contributed by atoms with Crippen LogP contribution in [0.3, 0.4) is 0 Å². The summed E-state index contributed by atoms with van der Waals surface area (Å²) in [5.41, 5.74) is 6.44. The maximum Gasteiger partial charge on any atom is 0.410 e. The molecule has 2 amide bonds. The van der Waals surface area contributed by atoms with E-state index in [9.17, 15) is 18.4 Å². The van der Waals surface area contributed by atoms with E-state index in [0.717, 1.165) is 6.07 Å². The average Bonchev–Trinajstić information content (AvgIpc) is 3.17. The molecule has 42 heavy (non-hydrogen) atoms. The third-order valence-electron chi connectivity index (χ3n) is 6.48. The number of benzene rings is 2. The van der Waals surface area contributed by atoms with Crippen molar-refractivity contribution in [1.82, 2.24) is 14.9 Å². The Bertz CT molecular complexity index is 1540. The van der Waals surface area contributed by atoms with Crippen LogP contribution in [-0.4, -0.2) is 58.3 Å². The zero-order chi connectivity index (χ0) is 31.0.